The Morgan fingerprint density at radius 2 is 2.03 bits per heavy atom. The number of rotatable bonds is 5. The monoisotopic (exact) mass is 392 g/mol. The molecule has 0 saturated heterocycles. The predicted octanol–water partition coefficient (Wildman–Crippen LogP) is 3.57. The quantitative estimate of drug-likeness (QED) is 0.651. The minimum Gasteiger partial charge on any atom is -0.497 e. The standard InChI is InChI=1S/C23H24N2O4/c1-23(2)20(17-6-4-5-7-18(17)22(27)29-23)21(26)24-11-10-14-13-25-19-12-15(28-3)8-9-16(14)19/h4-9,12-13,20,25H,10-11H2,1-3H3,(H,24,26). The fraction of sp³-hybridized carbons (Fsp3) is 0.304. The second-order valence-electron chi connectivity index (χ2n) is 7.78. The Morgan fingerprint density at radius 3 is 2.83 bits per heavy atom. The molecule has 0 saturated carbocycles. The van der Waals surface area contributed by atoms with Crippen LogP contribution in [0.2, 0.25) is 0 Å². The number of hydrogen-bond acceptors (Lipinski definition) is 4. The van der Waals surface area contributed by atoms with Crippen molar-refractivity contribution in [3.05, 3.63) is 65.4 Å². The predicted molar refractivity (Wildman–Crippen MR) is 110 cm³/mol. The van der Waals surface area contributed by atoms with Crippen molar-refractivity contribution in [3.8, 4) is 5.75 Å². The summed E-state index contributed by atoms with van der Waals surface area (Å²) < 4.78 is 10.8. The number of amides is 1. The van der Waals surface area contributed by atoms with Crippen molar-refractivity contribution in [1.29, 1.82) is 0 Å². The number of ether oxygens (including phenoxy) is 2. The minimum absolute atomic E-state index is 0.142. The molecule has 6 heteroatoms. The number of carbonyl (C=O) groups excluding carboxylic acids is 2. The Morgan fingerprint density at radius 1 is 1.24 bits per heavy atom. The fourth-order valence-electron chi connectivity index (χ4n) is 4.04. The Hall–Kier alpha value is -3.28. The molecule has 0 aliphatic carbocycles. The lowest BCUT2D eigenvalue weighted by atomic mass is 9.79. The highest BCUT2D eigenvalue weighted by Gasteiger charge is 2.45. The molecule has 3 aromatic rings. The van der Waals surface area contributed by atoms with Crippen LogP contribution in [-0.4, -0.2) is 36.1 Å². The van der Waals surface area contributed by atoms with E-state index in [-0.39, 0.29) is 11.9 Å². The van der Waals surface area contributed by atoms with Gasteiger partial charge >= 0.3 is 5.97 Å². The maximum absolute atomic E-state index is 13.0. The van der Waals surface area contributed by atoms with Crippen molar-refractivity contribution in [2.24, 2.45) is 0 Å². The lowest BCUT2D eigenvalue weighted by molar-refractivity contribution is -0.128. The molecule has 2 N–H and O–H groups in total. The highest BCUT2D eigenvalue weighted by Crippen LogP contribution is 2.38. The fourth-order valence-corrected chi connectivity index (χ4v) is 4.04. The van der Waals surface area contributed by atoms with E-state index in [2.05, 4.69) is 10.3 Å². The summed E-state index contributed by atoms with van der Waals surface area (Å²) in [5.74, 6) is -0.282. The number of hydrogen-bond donors (Lipinski definition) is 2. The molecule has 0 fully saturated rings. The molecular weight excluding hydrogens is 368 g/mol. The van der Waals surface area contributed by atoms with Gasteiger partial charge < -0.3 is 19.8 Å². The first-order valence-corrected chi connectivity index (χ1v) is 9.64. The smallest absolute Gasteiger partial charge is 0.338 e. The van der Waals surface area contributed by atoms with Crippen molar-refractivity contribution >= 4 is 22.8 Å². The van der Waals surface area contributed by atoms with Gasteiger partial charge in [0.05, 0.1) is 12.7 Å². The van der Waals surface area contributed by atoms with Crippen LogP contribution in [0.4, 0.5) is 0 Å². The highest BCUT2D eigenvalue weighted by molar-refractivity contribution is 5.98. The summed E-state index contributed by atoms with van der Waals surface area (Å²) in [4.78, 5) is 28.5. The van der Waals surface area contributed by atoms with E-state index >= 15 is 0 Å². The van der Waals surface area contributed by atoms with E-state index < -0.39 is 11.5 Å². The van der Waals surface area contributed by atoms with E-state index in [9.17, 15) is 9.59 Å². The van der Waals surface area contributed by atoms with Crippen LogP contribution in [0.15, 0.2) is 48.7 Å². The topological polar surface area (TPSA) is 80.4 Å². The lowest BCUT2D eigenvalue weighted by Gasteiger charge is -2.38. The molecule has 0 radical (unpaired) electrons. The minimum atomic E-state index is -0.910. The molecule has 6 nitrogen and oxygen atoms in total. The van der Waals surface area contributed by atoms with Crippen molar-refractivity contribution in [2.75, 3.05) is 13.7 Å². The molecule has 1 atom stereocenters. The van der Waals surface area contributed by atoms with Gasteiger partial charge in [-0.2, -0.15) is 0 Å². The molecule has 0 bridgehead atoms. The van der Waals surface area contributed by atoms with Crippen LogP contribution in [0.25, 0.3) is 10.9 Å². The number of nitrogens with one attached hydrogen (secondary N) is 2. The number of carbonyl (C=O) groups is 2. The van der Waals surface area contributed by atoms with Crippen LogP contribution in [0.1, 0.15) is 41.3 Å². The third kappa shape index (κ3) is 3.46. The van der Waals surface area contributed by atoms with E-state index in [1.807, 2.05) is 36.5 Å². The molecule has 2 heterocycles. The number of benzene rings is 2. The zero-order chi connectivity index (χ0) is 20.6. The third-order valence-electron chi connectivity index (χ3n) is 5.47. The molecule has 4 rings (SSSR count). The first-order chi connectivity index (χ1) is 13.9. The molecule has 0 spiro atoms. The number of H-pyrrole nitrogens is 1. The van der Waals surface area contributed by atoms with Crippen LogP contribution >= 0.6 is 0 Å². The molecular formula is C23H24N2O4. The van der Waals surface area contributed by atoms with E-state index in [4.69, 9.17) is 9.47 Å². The maximum atomic E-state index is 13.0. The molecule has 150 valence electrons. The average Bonchev–Trinajstić information content (AvgIpc) is 3.09. The molecule has 1 aromatic heterocycles. The van der Waals surface area contributed by atoms with Crippen LogP contribution in [-0.2, 0) is 16.0 Å². The highest BCUT2D eigenvalue weighted by atomic mass is 16.6. The molecule has 1 aliphatic rings. The van der Waals surface area contributed by atoms with Gasteiger partial charge in [0.1, 0.15) is 17.3 Å². The van der Waals surface area contributed by atoms with Crippen LogP contribution in [0.5, 0.6) is 5.75 Å². The van der Waals surface area contributed by atoms with Crippen LogP contribution in [0.3, 0.4) is 0 Å². The van der Waals surface area contributed by atoms with Gasteiger partial charge in [0, 0.05) is 29.7 Å². The summed E-state index contributed by atoms with van der Waals surface area (Å²) in [6.07, 6.45) is 2.64. The Balaban J connectivity index is 1.49. The summed E-state index contributed by atoms with van der Waals surface area (Å²) in [7, 11) is 1.64. The van der Waals surface area contributed by atoms with Crippen molar-refractivity contribution < 1.29 is 19.1 Å². The zero-order valence-electron chi connectivity index (χ0n) is 16.7. The molecule has 1 aliphatic heterocycles. The van der Waals surface area contributed by atoms with Gasteiger partial charge in [-0.05, 0) is 49.6 Å². The number of esters is 1. The average molecular weight is 392 g/mol. The van der Waals surface area contributed by atoms with Crippen molar-refractivity contribution in [1.82, 2.24) is 10.3 Å². The van der Waals surface area contributed by atoms with E-state index in [1.54, 1.807) is 33.1 Å². The number of aromatic nitrogens is 1. The van der Waals surface area contributed by atoms with Crippen LogP contribution in [0, 0.1) is 0 Å². The first-order valence-electron chi connectivity index (χ1n) is 9.64. The van der Waals surface area contributed by atoms with Crippen molar-refractivity contribution in [2.45, 2.75) is 31.8 Å². The Bertz CT molecular complexity index is 1080. The van der Waals surface area contributed by atoms with Gasteiger partial charge in [-0.1, -0.05) is 18.2 Å². The number of aromatic amines is 1. The van der Waals surface area contributed by atoms with Gasteiger partial charge in [0.2, 0.25) is 5.91 Å². The third-order valence-corrected chi connectivity index (χ3v) is 5.47. The van der Waals surface area contributed by atoms with Gasteiger partial charge in [0.25, 0.3) is 0 Å². The van der Waals surface area contributed by atoms with E-state index in [0.29, 0.717) is 24.1 Å². The number of methoxy groups -OCH3 is 1. The summed E-state index contributed by atoms with van der Waals surface area (Å²) in [6.45, 7) is 4.04. The number of fused-ring (bicyclic) bond motifs is 2. The lowest BCUT2D eigenvalue weighted by Crippen LogP contribution is -2.48. The van der Waals surface area contributed by atoms with E-state index in [1.165, 1.54) is 0 Å². The van der Waals surface area contributed by atoms with Crippen molar-refractivity contribution in [3.63, 3.8) is 0 Å². The number of cyclic esters (lactones) is 1. The van der Waals surface area contributed by atoms with Gasteiger partial charge in [-0.15, -0.1) is 0 Å². The maximum Gasteiger partial charge on any atom is 0.338 e. The summed E-state index contributed by atoms with van der Waals surface area (Å²) in [5, 5.41) is 4.13. The van der Waals surface area contributed by atoms with Crippen LogP contribution < -0.4 is 10.1 Å². The first kappa shape index (κ1) is 19.1. The molecule has 2 aromatic carbocycles. The SMILES string of the molecule is COc1ccc2c(CCNC(=O)C3c4ccccc4C(=O)OC3(C)C)c[nH]c2c1. The second kappa shape index (κ2) is 7.28. The van der Waals surface area contributed by atoms with Gasteiger partial charge in [0.15, 0.2) is 0 Å². The van der Waals surface area contributed by atoms with E-state index in [0.717, 1.165) is 22.2 Å². The van der Waals surface area contributed by atoms with Gasteiger partial charge in [-0.3, -0.25) is 4.79 Å². The van der Waals surface area contributed by atoms with Gasteiger partial charge in [-0.25, -0.2) is 4.79 Å². The summed E-state index contributed by atoms with van der Waals surface area (Å²) in [5.41, 5.74) is 2.38. The second-order valence-corrected chi connectivity index (χ2v) is 7.78. The summed E-state index contributed by atoms with van der Waals surface area (Å²) >= 11 is 0. The largest absolute Gasteiger partial charge is 0.497 e. The molecule has 29 heavy (non-hydrogen) atoms. The molecule has 1 unspecified atom stereocenters. The zero-order valence-corrected chi connectivity index (χ0v) is 16.7. The normalized spacial score (nSPS) is 17.5. The molecule has 1 amide bonds. The Kier molecular flexibility index (Phi) is 4.78. The Labute approximate surface area is 169 Å². The summed E-state index contributed by atoms with van der Waals surface area (Å²) in [6, 6.07) is 13.0.